The molecule has 4 aliphatic heterocycles. The van der Waals surface area contributed by atoms with E-state index in [0.29, 0.717) is 41.6 Å². The minimum absolute atomic E-state index is 0.0125. The fraction of sp³-hybridized carbons (Fsp3) is 0.486. The van der Waals surface area contributed by atoms with Crippen molar-refractivity contribution in [1.29, 1.82) is 0 Å². The standard InChI is InChI=1S/C37H37F3N6O2/c1-2-27-30(39)9-6-22-12-26(47)13-28(31(22)27)33-32(40)34-29(15-41-33)35(44-18-24-7-8-25(19-44)46(24)16-21-4-5-21)43-36(42-34)48-20-37-10-3-11-45(37)17-23(38)14-37/h1,6,9,12-13,15,21,23-25,47H,3-5,7-8,10-11,14,16-20H2/t23-,24?,25?,37+/m1/s1. The Balaban J connectivity index is 1.16. The molecule has 5 aliphatic rings. The smallest absolute Gasteiger partial charge is 0.319 e. The number of fused-ring (bicyclic) bond motifs is 5. The maximum atomic E-state index is 16.9. The number of benzene rings is 2. The molecule has 0 amide bonds. The second-order valence-electron chi connectivity index (χ2n) is 14.5. The van der Waals surface area contributed by atoms with Crippen molar-refractivity contribution in [3.05, 3.63) is 47.7 Å². The van der Waals surface area contributed by atoms with E-state index in [4.69, 9.17) is 16.1 Å². The SMILES string of the molecule is C#Cc1c(F)ccc2cc(O)cc(-c3ncc4c(N5CC6CCC(C5)N6CC5CC5)nc(OC[C@@]56CCCN5C[C@H](F)C6)nc4c3F)c12. The topological polar surface area (TPSA) is 77.9 Å². The van der Waals surface area contributed by atoms with Crippen molar-refractivity contribution in [2.75, 3.05) is 44.2 Å². The highest BCUT2D eigenvalue weighted by molar-refractivity contribution is 6.03. The Bertz CT molecular complexity index is 1980. The summed E-state index contributed by atoms with van der Waals surface area (Å²) in [5, 5.41) is 11.8. The van der Waals surface area contributed by atoms with Crippen LogP contribution >= 0.6 is 0 Å². The molecule has 4 saturated heterocycles. The van der Waals surface area contributed by atoms with E-state index in [9.17, 15) is 13.9 Å². The third kappa shape index (κ3) is 4.86. The summed E-state index contributed by atoms with van der Waals surface area (Å²) in [6, 6.07) is 6.33. The highest BCUT2D eigenvalue weighted by Gasteiger charge is 2.49. The van der Waals surface area contributed by atoms with Gasteiger partial charge in [0.2, 0.25) is 0 Å². The van der Waals surface area contributed by atoms with E-state index in [1.54, 1.807) is 6.20 Å². The van der Waals surface area contributed by atoms with Crippen molar-refractivity contribution < 1.29 is 23.0 Å². The van der Waals surface area contributed by atoms with Gasteiger partial charge in [0.25, 0.3) is 0 Å². The van der Waals surface area contributed by atoms with Crippen LogP contribution in [0.4, 0.5) is 19.0 Å². The van der Waals surface area contributed by atoms with Crippen molar-refractivity contribution in [3.63, 3.8) is 0 Å². The zero-order valence-corrected chi connectivity index (χ0v) is 26.6. The largest absolute Gasteiger partial charge is 0.508 e. The molecule has 48 heavy (non-hydrogen) atoms. The number of hydrogen-bond acceptors (Lipinski definition) is 8. The summed E-state index contributed by atoms with van der Waals surface area (Å²) < 4.78 is 52.7. The number of ether oxygens (including phenoxy) is 1. The fourth-order valence-electron chi connectivity index (χ4n) is 8.98. The van der Waals surface area contributed by atoms with Gasteiger partial charge in [-0.15, -0.1) is 6.42 Å². The van der Waals surface area contributed by atoms with Crippen LogP contribution in [0.5, 0.6) is 11.8 Å². The molecule has 2 aromatic heterocycles. The molecule has 1 N–H and O–H groups in total. The van der Waals surface area contributed by atoms with Crippen LogP contribution in [0, 0.1) is 29.9 Å². The zero-order chi connectivity index (χ0) is 32.7. The first-order valence-electron chi connectivity index (χ1n) is 17.1. The van der Waals surface area contributed by atoms with Gasteiger partial charge in [0.1, 0.15) is 41.4 Å². The highest BCUT2D eigenvalue weighted by atomic mass is 19.1. The summed E-state index contributed by atoms with van der Waals surface area (Å²) in [7, 11) is 0. The highest BCUT2D eigenvalue weighted by Crippen LogP contribution is 2.43. The third-order valence-corrected chi connectivity index (χ3v) is 11.4. The van der Waals surface area contributed by atoms with Crippen LogP contribution in [-0.2, 0) is 0 Å². The Hall–Kier alpha value is -4.14. The maximum Gasteiger partial charge on any atom is 0.319 e. The van der Waals surface area contributed by atoms with Crippen LogP contribution in [0.3, 0.4) is 0 Å². The quantitative estimate of drug-likeness (QED) is 0.250. The fourth-order valence-corrected chi connectivity index (χ4v) is 8.98. The Morgan fingerprint density at radius 1 is 1.06 bits per heavy atom. The minimum atomic E-state index is -0.912. The molecule has 248 valence electrons. The van der Waals surface area contributed by atoms with Crippen molar-refractivity contribution in [1.82, 2.24) is 24.8 Å². The van der Waals surface area contributed by atoms with Gasteiger partial charge in [0, 0.05) is 61.8 Å². The second kappa shape index (κ2) is 11.2. The Morgan fingerprint density at radius 3 is 2.65 bits per heavy atom. The van der Waals surface area contributed by atoms with Crippen LogP contribution in [0.2, 0.25) is 0 Å². The van der Waals surface area contributed by atoms with Gasteiger partial charge in [-0.1, -0.05) is 12.0 Å². The number of aromatic nitrogens is 3. The average molecular weight is 655 g/mol. The van der Waals surface area contributed by atoms with Gasteiger partial charge in [-0.25, -0.2) is 13.2 Å². The number of rotatable bonds is 7. The van der Waals surface area contributed by atoms with Gasteiger partial charge in [-0.2, -0.15) is 9.97 Å². The number of terminal acetylenes is 1. The van der Waals surface area contributed by atoms with Gasteiger partial charge in [0.15, 0.2) is 5.82 Å². The normalized spacial score (nSPS) is 27.2. The first-order valence-corrected chi connectivity index (χ1v) is 17.1. The molecule has 8 nitrogen and oxygen atoms in total. The number of phenols is 1. The van der Waals surface area contributed by atoms with Crippen molar-refractivity contribution >= 4 is 27.5 Å². The molecule has 4 aromatic rings. The first-order chi connectivity index (χ1) is 23.3. The van der Waals surface area contributed by atoms with Gasteiger partial charge in [-0.05, 0) is 74.6 Å². The molecule has 9 rings (SSSR count). The van der Waals surface area contributed by atoms with E-state index in [1.165, 1.54) is 37.1 Å². The molecular formula is C37H37F3N6O2. The molecule has 2 unspecified atom stereocenters. The number of alkyl halides is 1. The van der Waals surface area contributed by atoms with Crippen molar-refractivity contribution in [3.8, 4) is 35.4 Å². The van der Waals surface area contributed by atoms with Gasteiger partial charge >= 0.3 is 6.01 Å². The number of halogens is 3. The number of anilines is 1. The summed E-state index contributed by atoms with van der Waals surface area (Å²) in [6.07, 6.45) is 13.4. The molecule has 2 bridgehead atoms. The lowest BCUT2D eigenvalue weighted by Crippen LogP contribution is -2.54. The third-order valence-electron chi connectivity index (χ3n) is 11.4. The predicted octanol–water partition coefficient (Wildman–Crippen LogP) is 5.83. The monoisotopic (exact) mass is 654 g/mol. The summed E-state index contributed by atoms with van der Waals surface area (Å²) in [6.45, 7) is 4.06. The van der Waals surface area contributed by atoms with Gasteiger partial charge in [-0.3, -0.25) is 14.8 Å². The van der Waals surface area contributed by atoms with Gasteiger partial charge < -0.3 is 14.7 Å². The number of nitrogens with zero attached hydrogens (tertiary/aromatic N) is 6. The molecule has 0 spiro atoms. The van der Waals surface area contributed by atoms with E-state index in [1.807, 2.05) is 0 Å². The van der Waals surface area contributed by atoms with Crippen LogP contribution < -0.4 is 9.64 Å². The molecular weight excluding hydrogens is 617 g/mol. The summed E-state index contributed by atoms with van der Waals surface area (Å²) in [5.74, 6) is 2.23. The molecule has 11 heteroatoms. The lowest BCUT2D eigenvalue weighted by Gasteiger charge is -2.42. The van der Waals surface area contributed by atoms with Crippen molar-refractivity contribution in [2.24, 2.45) is 5.92 Å². The van der Waals surface area contributed by atoms with E-state index in [0.717, 1.165) is 57.8 Å². The van der Waals surface area contributed by atoms with E-state index in [-0.39, 0.29) is 46.1 Å². The van der Waals surface area contributed by atoms with E-state index >= 15 is 4.39 Å². The van der Waals surface area contributed by atoms with E-state index < -0.39 is 23.3 Å². The summed E-state index contributed by atoms with van der Waals surface area (Å²) >= 11 is 0. The number of phenolic OH excluding ortho intramolecular Hbond substituents is 1. The molecule has 6 heterocycles. The Morgan fingerprint density at radius 2 is 1.88 bits per heavy atom. The van der Waals surface area contributed by atoms with E-state index in [2.05, 4.69) is 30.6 Å². The lowest BCUT2D eigenvalue weighted by molar-refractivity contribution is 0.107. The Kier molecular flexibility index (Phi) is 6.99. The van der Waals surface area contributed by atoms with Crippen molar-refractivity contribution in [2.45, 2.75) is 68.7 Å². The zero-order valence-electron chi connectivity index (χ0n) is 26.6. The Labute approximate surface area is 276 Å². The van der Waals surface area contributed by atoms with Crippen LogP contribution in [-0.4, -0.2) is 93.0 Å². The maximum absolute atomic E-state index is 16.9. The molecule has 5 fully saturated rings. The molecule has 2 aromatic carbocycles. The lowest BCUT2D eigenvalue weighted by atomic mass is 9.95. The summed E-state index contributed by atoms with van der Waals surface area (Å²) in [5.41, 5.74) is -0.417. The predicted molar refractivity (Wildman–Crippen MR) is 177 cm³/mol. The molecule has 1 aliphatic carbocycles. The van der Waals surface area contributed by atoms with Crippen LogP contribution in [0.25, 0.3) is 32.9 Å². The number of aromatic hydroxyl groups is 1. The minimum Gasteiger partial charge on any atom is -0.508 e. The van der Waals surface area contributed by atoms with Crippen LogP contribution in [0.1, 0.15) is 50.5 Å². The molecule has 1 saturated carbocycles. The number of hydrogen-bond donors (Lipinski definition) is 1. The average Bonchev–Trinajstić information content (AvgIpc) is 3.67. The van der Waals surface area contributed by atoms with Gasteiger partial charge in [0.05, 0.1) is 16.5 Å². The second-order valence-corrected chi connectivity index (χ2v) is 14.5. The molecule has 0 radical (unpaired) electrons. The number of pyridine rings is 1. The number of piperazine rings is 1. The summed E-state index contributed by atoms with van der Waals surface area (Å²) in [4.78, 5) is 21.1. The van der Waals surface area contributed by atoms with Crippen LogP contribution in [0.15, 0.2) is 30.5 Å². The molecule has 4 atom stereocenters. The first kappa shape index (κ1) is 30.0.